The molecule has 1 N–H and O–H groups in total. The Kier molecular flexibility index (Phi) is 5.19. The van der Waals surface area contributed by atoms with E-state index in [1.165, 1.54) is 22.5 Å². The maximum Gasteiger partial charge on any atom is 0.0408 e. The molecule has 2 rings (SSSR count). The van der Waals surface area contributed by atoms with Gasteiger partial charge < -0.3 is 10.2 Å². The Morgan fingerprint density at radius 1 is 0.800 bits per heavy atom. The molecule has 0 saturated carbocycles. The number of rotatable bonds is 6. The van der Waals surface area contributed by atoms with E-state index in [2.05, 4.69) is 79.6 Å². The Morgan fingerprint density at radius 3 is 1.75 bits per heavy atom. The van der Waals surface area contributed by atoms with Crippen LogP contribution in [0.25, 0.3) is 0 Å². The van der Waals surface area contributed by atoms with Gasteiger partial charge in [-0.05, 0) is 48.4 Å². The molecule has 0 saturated heterocycles. The van der Waals surface area contributed by atoms with Gasteiger partial charge in [0, 0.05) is 25.0 Å². The summed E-state index contributed by atoms with van der Waals surface area (Å²) in [4.78, 5) is 2.22. The van der Waals surface area contributed by atoms with Crippen LogP contribution in [-0.2, 0) is 13.0 Å². The summed E-state index contributed by atoms with van der Waals surface area (Å²) in [5.41, 5.74) is 5.14. The second kappa shape index (κ2) is 7.11. The molecule has 0 atom stereocenters. The van der Waals surface area contributed by atoms with Crippen LogP contribution in [0.2, 0.25) is 0 Å². The van der Waals surface area contributed by atoms with Crippen LogP contribution in [0.1, 0.15) is 25.0 Å². The average molecular weight is 268 g/mol. The van der Waals surface area contributed by atoms with Crippen molar-refractivity contribution in [3.63, 3.8) is 0 Å². The first kappa shape index (κ1) is 14.6. The maximum absolute atomic E-state index is 3.34. The number of hydrogen-bond donors (Lipinski definition) is 1. The highest BCUT2D eigenvalue weighted by Gasteiger charge is 2.03. The van der Waals surface area contributed by atoms with E-state index < -0.39 is 0 Å². The largest absolute Gasteiger partial charge is 0.345 e. The predicted octanol–water partition coefficient (Wildman–Crippen LogP) is 4.13. The van der Waals surface area contributed by atoms with Crippen molar-refractivity contribution in [2.45, 2.75) is 26.8 Å². The Morgan fingerprint density at radius 2 is 1.30 bits per heavy atom. The SMILES string of the molecule is CCNCc1ccc(N(C)c2ccc(CC)cc2)cc1. The topological polar surface area (TPSA) is 15.3 Å². The summed E-state index contributed by atoms with van der Waals surface area (Å²) in [5.74, 6) is 0. The van der Waals surface area contributed by atoms with Crippen molar-refractivity contribution in [1.29, 1.82) is 0 Å². The number of nitrogens with zero attached hydrogens (tertiary/aromatic N) is 1. The minimum Gasteiger partial charge on any atom is -0.345 e. The van der Waals surface area contributed by atoms with Gasteiger partial charge in [-0.15, -0.1) is 0 Å². The van der Waals surface area contributed by atoms with E-state index in [4.69, 9.17) is 0 Å². The van der Waals surface area contributed by atoms with E-state index in [0.717, 1.165) is 19.5 Å². The third-order valence-corrected chi connectivity index (χ3v) is 3.63. The molecular formula is C18H24N2. The molecule has 0 aliphatic heterocycles. The molecule has 2 nitrogen and oxygen atoms in total. The summed E-state index contributed by atoms with van der Waals surface area (Å²) in [6.45, 7) is 6.25. The molecule has 0 spiro atoms. The van der Waals surface area contributed by atoms with Crippen LogP contribution in [0.3, 0.4) is 0 Å². The van der Waals surface area contributed by atoms with Crippen molar-refractivity contribution in [2.75, 3.05) is 18.5 Å². The fourth-order valence-corrected chi connectivity index (χ4v) is 2.21. The van der Waals surface area contributed by atoms with E-state index in [-0.39, 0.29) is 0 Å². The normalized spacial score (nSPS) is 10.6. The van der Waals surface area contributed by atoms with E-state index in [1.54, 1.807) is 0 Å². The summed E-state index contributed by atoms with van der Waals surface area (Å²) in [6.07, 6.45) is 1.09. The summed E-state index contributed by atoms with van der Waals surface area (Å²) in [6, 6.07) is 17.5. The standard InChI is InChI=1S/C18H24N2/c1-4-15-6-10-17(11-7-15)20(3)18-12-8-16(9-13-18)14-19-5-2/h6-13,19H,4-5,14H2,1-3H3. The van der Waals surface area contributed by atoms with E-state index in [0.29, 0.717) is 0 Å². The summed E-state index contributed by atoms with van der Waals surface area (Å²) < 4.78 is 0. The molecule has 2 aromatic rings. The van der Waals surface area contributed by atoms with Gasteiger partial charge in [0.15, 0.2) is 0 Å². The van der Waals surface area contributed by atoms with Crippen molar-refractivity contribution >= 4 is 11.4 Å². The van der Waals surface area contributed by atoms with Crippen LogP contribution in [0.4, 0.5) is 11.4 Å². The number of benzene rings is 2. The van der Waals surface area contributed by atoms with E-state index in [1.807, 2.05) is 0 Å². The molecule has 0 aliphatic rings. The average Bonchev–Trinajstić information content (AvgIpc) is 2.53. The molecule has 0 radical (unpaired) electrons. The minimum atomic E-state index is 0.936. The Labute approximate surface area is 122 Å². The molecular weight excluding hydrogens is 244 g/mol. The van der Waals surface area contributed by atoms with Crippen LogP contribution in [0.5, 0.6) is 0 Å². The zero-order chi connectivity index (χ0) is 14.4. The lowest BCUT2D eigenvalue weighted by Gasteiger charge is -2.20. The molecule has 0 aliphatic carbocycles. The number of hydrogen-bond acceptors (Lipinski definition) is 2. The fraction of sp³-hybridized carbons (Fsp3) is 0.333. The number of nitrogens with one attached hydrogen (secondary N) is 1. The van der Waals surface area contributed by atoms with Crippen molar-refractivity contribution in [3.8, 4) is 0 Å². The second-order valence-electron chi connectivity index (χ2n) is 5.03. The Bertz CT molecular complexity index is 514. The van der Waals surface area contributed by atoms with Crippen molar-refractivity contribution in [1.82, 2.24) is 5.32 Å². The summed E-state index contributed by atoms with van der Waals surface area (Å²) in [5, 5.41) is 3.34. The molecule has 0 fully saturated rings. The van der Waals surface area contributed by atoms with Gasteiger partial charge in [-0.1, -0.05) is 38.1 Å². The summed E-state index contributed by atoms with van der Waals surface area (Å²) in [7, 11) is 2.11. The highest BCUT2D eigenvalue weighted by Crippen LogP contribution is 2.24. The van der Waals surface area contributed by atoms with Gasteiger partial charge in [0.25, 0.3) is 0 Å². The van der Waals surface area contributed by atoms with Gasteiger partial charge in [0.1, 0.15) is 0 Å². The van der Waals surface area contributed by atoms with Crippen LogP contribution >= 0.6 is 0 Å². The van der Waals surface area contributed by atoms with Crippen LogP contribution in [-0.4, -0.2) is 13.6 Å². The fourth-order valence-electron chi connectivity index (χ4n) is 2.21. The van der Waals surface area contributed by atoms with Gasteiger partial charge in [0.2, 0.25) is 0 Å². The zero-order valence-electron chi connectivity index (χ0n) is 12.7. The first-order chi connectivity index (χ1) is 9.74. The number of aryl methyl sites for hydroxylation is 1. The molecule has 0 amide bonds. The van der Waals surface area contributed by atoms with E-state index in [9.17, 15) is 0 Å². The molecule has 0 heterocycles. The minimum absolute atomic E-state index is 0.936. The van der Waals surface area contributed by atoms with Gasteiger partial charge in [0.05, 0.1) is 0 Å². The first-order valence-corrected chi connectivity index (χ1v) is 7.37. The third kappa shape index (κ3) is 3.61. The lowest BCUT2D eigenvalue weighted by Crippen LogP contribution is -2.12. The second-order valence-corrected chi connectivity index (χ2v) is 5.03. The van der Waals surface area contributed by atoms with Gasteiger partial charge in [-0.2, -0.15) is 0 Å². The molecule has 2 aromatic carbocycles. The smallest absolute Gasteiger partial charge is 0.0408 e. The molecule has 0 unspecified atom stereocenters. The maximum atomic E-state index is 3.34. The van der Waals surface area contributed by atoms with Crippen molar-refractivity contribution in [2.24, 2.45) is 0 Å². The van der Waals surface area contributed by atoms with E-state index >= 15 is 0 Å². The quantitative estimate of drug-likeness (QED) is 0.847. The van der Waals surface area contributed by atoms with Crippen LogP contribution < -0.4 is 10.2 Å². The molecule has 20 heavy (non-hydrogen) atoms. The highest BCUT2D eigenvalue weighted by atomic mass is 15.1. The van der Waals surface area contributed by atoms with Crippen molar-refractivity contribution < 1.29 is 0 Å². The van der Waals surface area contributed by atoms with Crippen molar-refractivity contribution in [3.05, 3.63) is 59.7 Å². The van der Waals surface area contributed by atoms with Gasteiger partial charge in [-0.25, -0.2) is 0 Å². The monoisotopic (exact) mass is 268 g/mol. The lowest BCUT2D eigenvalue weighted by atomic mass is 10.1. The zero-order valence-corrected chi connectivity index (χ0v) is 12.7. The third-order valence-electron chi connectivity index (χ3n) is 3.63. The van der Waals surface area contributed by atoms with Gasteiger partial charge >= 0.3 is 0 Å². The van der Waals surface area contributed by atoms with Gasteiger partial charge in [-0.3, -0.25) is 0 Å². The first-order valence-electron chi connectivity index (χ1n) is 7.37. The molecule has 2 heteroatoms. The van der Waals surface area contributed by atoms with Crippen LogP contribution in [0.15, 0.2) is 48.5 Å². The lowest BCUT2D eigenvalue weighted by molar-refractivity contribution is 0.727. The Balaban J connectivity index is 2.09. The molecule has 0 aromatic heterocycles. The van der Waals surface area contributed by atoms with Crippen LogP contribution in [0, 0.1) is 0 Å². The predicted molar refractivity (Wildman–Crippen MR) is 87.7 cm³/mol. The Hall–Kier alpha value is -1.80. The summed E-state index contributed by atoms with van der Waals surface area (Å²) >= 11 is 0. The number of anilines is 2. The highest BCUT2D eigenvalue weighted by molar-refractivity contribution is 5.62. The molecule has 0 bridgehead atoms. The molecule has 106 valence electrons.